The van der Waals surface area contributed by atoms with Crippen molar-refractivity contribution < 1.29 is 9.47 Å². The van der Waals surface area contributed by atoms with E-state index in [0.717, 1.165) is 6.42 Å². The standard InChI is InChI=1S/C10H16O2/c1-11-10(12-2)7-8-3-5-9(10)6-4-8/h3,5,8-9H,4,6-7H2,1-2H3/t8-,9+/m0/s1. The molecule has 0 unspecified atom stereocenters. The van der Waals surface area contributed by atoms with Crippen molar-refractivity contribution in [2.24, 2.45) is 11.8 Å². The molecule has 3 aliphatic rings. The molecule has 0 aromatic heterocycles. The molecule has 2 bridgehead atoms. The second kappa shape index (κ2) is 2.86. The molecule has 12 heavy (non-hydrogen) atoms. The van der Waals surface area contributed by atoms with E-state index in [0.29, 0.717) is 11.8 Å². The molecule has 0 saturated heterocycles. The Morgan fingerprint density at radius 3 is 2.17 bits per heavy atom. The largest absolute Gasteiger partial charge is 0.353 e. The number of ether oxygens (including phenoxy) is 2. The first-order valence-corrected chi connectivity index (χ1v) is 4.59. The molecular weight excluding hydrogens is 152 g/mol. The number of fused-ring (bicyclic) bond motifs is 2. The average Bonchev–Trinajstić information content (AvgIpc) is 2.19. The maximum atomic E-state index is 5.49. The van der Waals surface area contributed by atoms with E-state index in [9.17, 15) is 0 Å². The highest BCUT2D eigenvalue weighted by Gasteiger charge is 2.45. The van der Waals surface area contributed by atoms with E-state index in [1.807, 2.05) is 0 Å². The Hall–Kier alpha value is -0.340. The van der Waals surface area contributed by atoms with Gasteiger partial charge >= 0.3 is 0 Å². The lowest BCUT2D eigenvalue weighted by atomic mass is 9.72. The molecule has 2 heteroatoms. The van der Waals surface area contributed by atoms with Gasteiger partial charge in [-0.25, -0.2) is 0 Å². The van der Waals surface area contributed by atoms with Crippen molar-refractivity contribution in [1.29, 1.82) is 0 Å². The first kappa shape index (κ1) is 8.27. The Labute approximate surface area is 73.5 Å². The lowest BCUT2D eigenvalue weighted by Crippen LogP contribution is -2.48. The van der Waals surface area contributed by atoms with Crippen molar-refractivity contribution >= 4 is 0 Å². The Morgan fingerprint density at radius 1 is 1.17 bits per heavy atom. The van der Waals surface area contributed by atoms with Crippen LogP contribution in [0.4, 0.5) is 0 Å². The summed E-state index contributed by atoms with van der Waals surface area (Å²) in [7, 11) is 3.50. The highest BCUT2D eigenvalue weighted by molar-refractivity contribution is 5.10. The van der Waals surface area contributed by atoms with Gasteiger partial charge in [0.05, 0.1) is 0 Å². The molecule has 1 saturated carbocycles. The zero-order valence-corrected chi connectivity index (χ0v) is 7.75. The predicted octanol–water partition coefficient (Wildman–Crippen LogP) is 1.96. The van der Waals surface area contributed by atoms with Crippen LogP contribution in [0.2, 0.25) is 0 Å². The van der Waals surface area contributed by atoms with Crippen LogP contribution in [0.25, 0.3) is 0 Å². The molecule has 3 rings (SSSR count). The third-order valence-electron chi connectivity index (χ3n) is 3.27. The van der Waals surface area contributed by atoms with E-state index < -0.39 is 0 Å². The molecule has 0 N–H and O–H groups in total. The molecule has 2 nitrogen and oxygen atoms in total. The fraction of sp³-hybridized carbons (Fsp3) is 0.800. The van der Waals surface area contributed by atoms with Crippen molar-refractivity contribution in [3.63, 3.8) is 0 Å². The maximum Gasteiger partial charge on any atom is 0.174 e. The molecule has 0 spiro atoms. The molecule has 68 valence electrons. The summed E-state index contributed by atoms with van der Waals surface area (Å²) in [4.78, 5) is 0. The molecule has 1 fully saturated rings. The summed E-state index contributed by atoms with van der Waals surface area (Å²) in [5, 5.41) is 0. The molecule has 0 amide bonds. The molecule has 0 radical (unpaired) electrons. The minimum atomic E-state index is -0.308. The third kappa shape index (κ3) is 1.02. The van der Waals surface area contributed by atoms with Crippen molar-refractivity contribution in [3.05, 3.63) is 12.2 Å². The maximum absolute atomic E-state index is 5.49. The fourth-order valence-electron chi connectivity index (χ4n) is 2.48. The van der Waals surface area contributed by atoms with Crippen LogP contribution in [-0.4, -0.2) is 20.0 Å². The molecule has 0 aromatic carbocycles. The van der Waals surface area contributed by atoms with Gasteiger partial charge in [0.25, 0.3) is 0 Å². The van der Waals surface area contributed by atoms with Gasteiger partial charge in [0.2, 0.25) is 0 Å². The number of hydrogen-bond acceptors (Lipinski definition) is 2. The van der Waals surface area contributed by atoms with Crippen LogP contribution in [0.15, 0.2) is 12.2 Å². The fourth-order valence-corrected chi connectivity index (χ4v) is 2.48. The number of methoxy groups -OCH3 is 2. The lowest BCUT2D eigenvalue weighted by Gasteiger charge is -2.46. The van der Waals surface area contributed by atoms with Crippen LogP contribution >= 0.6 is 0 Å². The van der Waals surface area contributed by atoms with E-state index in [2.05, 4.69) is 12.2 Å². The van der Waals surface area contributed by atoms with Crippen LogP contribution in [-0.2, 0) is 9.47 Å². The van der Waals surface area contributed by atoms with Crippen LogP contribution in [0.1, 0.15) is 19.3 Å². The Morgan fingerprint density at radius 2 is 1.92 bits per heavy atom. The van der Waals surface area contributed by atoms with Gasteiger partial charge in [-0.3, -0.25) is 0 Å². The summed E-state index contributed by atoms with van der Waals surface area (Å²) in [5.41, 5.74) is 0. The number of hydrogen-bond donors (Lipinski definition) is 0. The van der Waals surface area contributed by atoms with Crippen molar-refractivity contribution in [2.75, 3.05) is 14.2 Å². The normalized spacial score (nSPS) is 37.2. The van der Waals surface area contributed by atoms with Gasteiger partial charge in [0.15, 0.2) is 5.79 Å². The summed E-state index contributed by atoms with van der Waals surface area (Å²) < 4.78 is 11.0. The van der Waals surface area contributed by atoms with Gasteiger partial charge in [-0.1, -0.05) is 12.2 Å². The first-order chi connectivity index (χ1) is 5.80. The van der Waals surface area contributed by atoms with Crippen molar-refractivity contribution in [1.82, 2.24) is 0 Å². The highest BCUT2D eigenvalue weighted by atomic mass is 16.7. The summed E-state index contributed by atoms with van der Waals surface area (Å²) in [6.45, 7) is 0. The second-order valence-corrected chi connectivity index (χ2v) is 3.75. The van der Waals surface area contributed by atoms with Gasteiger partial charge < -0.3 is 9.47 Å². The zero-order chi connectivity index (χ0) is 8.60. The van der Waals surface area contributed by atoms with Gasteiger partial charge in [0.1, 0.15) is 0 Å². The van der Waals surface area contributed by atoms with Gasteiger partial charge in [-0.15, -0.1) is 0 Å². The lowest BCUT2D eigenvalue weighted by molar-refractivity contribution is -0.253. The topological polar surface area (TPSA) is 18.5 Å². The molecule has 0 aliphatic heterocycles. The van der Waals surface area contributed by atoms with E-state index in [1.54, 1.807) is 14.2 Å². The van der Waals surface area contributed by atoms with Crippen LogP contribution < -0.4 is 0 Å². The summed E-state index contributed by atoms with van der Waals surface area (Å²) >= 11 is 0. The Balaban J connectivity index is 2.23. The smallest absolute Gasteiger partial charge is 0.174 e. The zero-order valence-electron chi connectivity index (χ0n) is 7.75. The summed E-state index contributed by atoms with van der Waals surface area (Å²) in [6, 6.07) is 0. The quantitative estimate of drug-likeness (QED) is 0.463. The highest BCUT2D eigenvalue weighted by Crippen LogP contribution is 2.45. The minimum absolute atomic E-state index is 0.308. The molecule has 2 atom stereocenters. The van der Waals surface area contributed by atoms with Gasteiger partial charge in [-0.05, 0) is 18.8 Å². The van der Waals surface area contributed by atoms with Crippen LogP contribution in [0, 0.1) is 11.8 Å². The molecule has 0 heterocycles. The SMILES string of the molecule is COC1(OC)C[C@H]2C=C[C@@H]1CC2. The van der Waals surface area contributed by atoms with Gasteiger partial charge in [-0.2, -0.15) is 0 Å². The molecule has 0 aromatic rings. The minimum Gasteiger partial charge on any atom is -0.353 e. The second-order valence-electron chi connectivity index (χ2n) is 3.75. The van der Waals surface area contributed by atoms with E-state index in [1.165, 1.54) is 12.8 Å². The third-order valence-corrected chi connectivity index (χ3v) is 3.27. The molecule has 3 aliphatic carbocycles. The van der Waals surface area contributed by atoms with Crippen LogP contribution in [0.5, 0.6) is 0 Å². The van der Waals surface area contributed by atoms with E-state index >= 15 is 0 Å². The summed E-state index contributed by atoms with van der Waals surface area (Å²) in [6.07, 6.45) is 8.11. The first-order valence-electron chi connectivity index (χ1n) is 4.59. The predicted molar refractivity (Wildman–Crippen MR) is 46.7 cm³/mol. The van der Waals surface area contributed by atoms with E-state index in [4.69, 9.17) is 9.47 Å². The van der Waals surface area contributed by atoms with Gasteiger partial charge in [0, 0.05) is 26.6 Å². The Bertz CT molecular complexity index is 194. The van der Waals surface area contributed by atoms with E-state index in [-0.39, 0.29) is 5.79 Å². The Kier molecular flexibility index (Phi) is 1.97. The summed E-state index contributed by atoms with van der Waals surface area (Å²) in [5.74, 6) is 0.838. The number of allylic oxidation sites excluding steroid dienone is 1. The van der Waals surface area contributed by atoms with Crippen molar-refractivity contribution in [3.8, 4) is 0 Å². The van der Waals surface area contributed by atoms with Crippen molar-refractivity contribution in [2.45, 2.75) is 25.0 Å². The number of rotatable bonds is 2. The molecular formula is C10H16O2. The monoisotopic (exact) mass is 168 g/mol. The van der Waals surface area contributed by atoms with Crippen LogP contribution in [0.3, 0.4) is 0 Å². The average molecular weight is 168 g/mol.